The van der Waals surface area contributed by atoms with Crippen molar-refractivity contribution in [2.45, 2.75) is 25.7 Å². The molecule has 20 heavy (non-hydrogen) atoms. The maximum Gasteiger partial charge on any atom is 0.262 e. The Morgan fingerprint density at radius 1 is 1.10 bits per heavy atom. The molecular formula is C14H15FN2O2S. The number of aromatic nitrogens is 1. The molecule has 0 aliphatic heterocycles. The average Bonchev–Trinajstić information content (AvgIpc) is 2.25. The standard InChI is InChI=1S/C14H15FN2O2S/c1-9-6-12(15)7-10(2)14(9)20(18,19)17-13-4-5-16-11(3)8-13/h4-8H,1-3H3,(H,16,17). The van der Waals surface area contributed by atoms with Crippen molar-refractivity contribution in [1.29, 1.82) is 0 Å². The van der Waals surface area contributed by atoms with Crippen LogP contribution in [0.1, 0.15) is 16.8 Å². The maximum absolute atomic E-state index is 13.3. The first-order valence-corrected chi connectivity index (χ1v) is 7.50. The van der Waals surface area contributed by atoms with Gasteiger partial charge in [0.15, 0.2) is 0 Å². The molecule has 2 rings (SSSR count). The molecule has 2 aromatic rings. The van der Waals surface area contributed by atoms with E-state index in [9.17, 15) is 12.8 Å². The van der Waals surface area contributed by atoms with Gasteiger partial charge in [0.1, 0.15) is 5.82 Å². The van der Waals surface area contributed by atoms with Crippen LogP contribution in [0.3, 0.4) is 0 Å². The Labute approximate surface area is 117 Å². The van der Waals surface area contributed by atoms with E-state index in [0.717, 1.165) is 0 Å². The fourth-order valence-electron chi connectivity index (χ4n) is 2.14. The molecule has 0 fully saturated rings. The van der Waals surface area contributed by atoms with Gasteiger partial charge < -0.3 is 0 Å². The Morgan fingerprint density at radius 3 is 2.25 bits per heavy atom. The molecule has 0 unspecified atom stereocenters. The first-order valence-electron chi connectivity index (χ1n) is 6.02. The van der Waals surface area contributed by atoms with Crippen molar-refractivity contribution in [1.82, 2.24) is 4.98 Å². The molecule has 0 radical (unpaired) electrons. The summed E-state index contributed by atoms with van der Waals surface area (Å²) in [5.74, 6) is -0.446. The third-order valence-electron chi connectivity index (χ3n) is 2.84. The normalized spacial score (nSPS) is 11.4. The molecule has 6 heteroatoms. The topological polar surface area (TPSA) is 59.1 Å². The highest BCUT2D eigenvalue weighted by atomic mass is 32.2. The van der Waals surface area contributed by atoms with Crippen LogP contribution in [-0.2, 0) is 10.0 Å². The number of nitrogens with one attached hydrogen (secondary N) is 1. The number of nitrogens with zero attached hydrogens (tertiary/aromatic N) is 1. The van der Waals surface area contributed by atoms with E-state index in [0.29, 0.717) is 22.5 Å². The molecule has 1 aromatic carbocycles. The fourth-order valence-corrected chi connectivity index (χ4v) is 3.64. The molecular weight excluding hydrogens is 279 g/mol. The van der Waals surface area contributed by atoms with Crippen molar-refractivity contribution in [3.05, 3.63) is 53.1 Å². The van der Waals surface area contributed by atoms with E-state index in [2.05, 4.69) is 9.71 Å². The second-order valence-electron chi connectivity index (χ2n) is 4.66. The molecule has 1 N–H and O–H groups in total. The highest BCUT2D eigenvalue weighted by Crippen LogP contribution is 2.24. The molecule has 0 saturated carbocycles. The third-order valence-corrected chi connectivity index (χ3v) is 4.53. The van der Waals surface area contributed by atoms with Gasteiger partial charge in [0.2, 0.25) is 0 Å². The minimum atomic E-state index is -3.75. The van der Waals surface area contributed by atoms with E-state index in [1.807, 2.05) is 0 Å². The molecule has 4 nitrogen and oxygen atoms in total. The summed E-state index contributed by atoms with van der Waals surface area (Å²) in [6.07, 6.45) is 1.53. The molecule has 1 heterocycles. The maximum atomic E-state index is 13.3. The highest BCUT2D eigenvalue weighted by Gasteiger charge is 2.20. The van der Waals surface area contributed by atoms with Crippen molar-refractivity contribution in [3.8, 4) is 0 Å². The molecule has 0 aliphatic carbocycles. The summed E-state index contributed by atoms with van der Waals surface area (Å²) in [6.45, 7) is 4.91. The summed E-state index contributed by atoms with van der Waals surface area (Å²) in [6, 6.07) is 5.61. The van der Waals surface area contributed by atoms with Crippen LogP contribution in [0.15, 0.2) is 35.4 Å². The number of benzene rings is 1. The van der Waals surface area contributed by atoms with Crippen molar-refractivity contribution in [2.75, 3.05) is 4.72 Å². The Bertz CT molecular complexity index is 735. The summed E-state index contributed by atoms with van der Waals surface area (Å²) in [4.78, 5) is 4.11. The van der Waals surface area contributed by atoms with E-state index < -0.39 is 15.8 Å². The van der Waals surface area contributed by atoms with Gasteiger partial charge in [0.25, 0.3) is 10.0 Å². The molecule has 0 amide bonds. The predicted octanol–water partition coefficient (Wildman–Crippen LogP) is 2.95. The first-order chi connectivity index (χ1) is 9.29. The lowest BCUT2D eigenvalue weighted by Crippen LogP contribution is -2.16. The van der Waals surface area contributed by atoms with E-state index >= 15 is 0 Å². The lowest BCUT2D eigenvalue weighted by Gasteiger charge is -2.13. The molecule has 0 bridgehead atoms. The Morgan fingerprint density at radius 2 is 1.70 bits per heavy atom. The van der Waals surface area contributed by atoms with Crippen LogP contribution in [-0.4, -0.2) is 13.4 Å². The van der Waals surface area contributed by atoms with Crippen LogP contribution < -0.4 is 4.72 Å². The summed E-state index contributed by atoms with van der Waals surface area (Å²) < 4.78 is 40.6. The summed E-state index contributed by atoms with van der Waals surface area (Å²) in [5, 5.41) is 0. The van der Waals surface area contributed by atoms with E-state index in [-0.39, 0.29) is 4.90 Å². The Balaban J connectivity index is 2.46. The number of rotatable bonds is 3. The van der Waals surface area contributed by atoms with Crippen LogP contribution >= 0.6 is 0 Å². The van der Waals surface area contributed by atoms with Crippen LogP contribution in [0.4, 0.5) is 10.1 Å². The predicted molar refractivity (Wildman–Crippen MR) is 75.7 cm³/mol. The van der Waals surface area contributed by atoms with Gasteiger partial charge in [-0.1, -0.05) is 0 Å². The average molecular weight is 294 g/mol. The molecule has 0 atom stereocenters. The van der Waals surface area contributed by atoms with Crippen LogP contribution in [0.5, 0.6) is 0 Å². The molecule has 0 spiro atoms. The molecule has 1 aromatic heterocycles. The van der Waals surface area contributed by atoms with Gasteiger partial charge in [-0.05, 0) is 56.2 Å². The van der Waals surface area contributed by atoms with Crippen LogP contribution in [0, 0.1) is 26.6 Å². The van der Waals surface area contributed by atoms with Crippen molar-refractivity contribution < 1.29 is 12.8 Å². The monoisotopic (exact) mass is 294 g/mol. The lowest BCUT2D eigenvalue weighted by atomic mass is 10.1. The second kappa shape index (κ2) is 5.20. The number of aryl methyl sites for hydroxylation is 3. The second-order valence-corrected chi connectivity index (χ2v) is 6.28. The largest absolute Gasteiger partial charge is 0.279 e. The summed E-state index contributed by atoms with van der Waals surface area (Å²) in [7, 11) is -3.75. The molecule has 0 aliphatic rings. The smallest absolute Gasteiger partial charge is 0.262 e. The third kappa shape index (κ3) is 2.96. The van der Waals surface area contributed by atoms with Gasteiger partial charge in [-0.15, -0.1) is 0 Å². The van der Waals surface area contributed by atoms with Crippen molar-refractivity contribution in [3.63, 3.8) is 0 Å². The number of anilines is 1. The zero-order valence-electron chi connectivity index (χ0n) is 11.4. The Hall–Kier alpha value is -1.95. The van der Waals surface area contributed by atoms with Crippen LogP contribution in [0.2, 0.25) is 0 Å². The quantitative estimate of drug-likeness (QED) is 0.946. The van der Waals surface area contributed by atoms with Crippen molar-refractivity contribution in [2.24, 2.45) is 0 Å². The SMILES string of the molecule is Cc1cc(NS(=O)(=O)c2c(C)cc(F)cc2C)ccn1. The molecule has 106 valence electrons. The number of pyridine rings is 1. The van der Waals surface area contributed by atoms with Gasteiger partial charge in [-0.25, -0.2) is 12.8 Å². The van der Waals surface area contributed by atoms with Gasteiger partial charge in [0.05, 0.1) is 10.6 Å². The molecule has 0 saturated heterocycles. The first kappa shape index (κ1) is 14.5. The van der Waals surface area contributed by atoms with Gasteiger partial charge >= 0.3 is 0 Å². The number of hydrogen-bond acceptors (Lipinski definition) is 3. The van der Waals surface area contributed by atoms with E-state index in [1.165, 1.54) is 18.3 Å². The lowest BCUT2D eigenvalue weighted by molar-refractivity contribution is 0.597. The van der Waals surface area contributed by atoms with Crippen molar-refractivity contribution >= 4 is 15.7 Å². The zero-order chi connectivity index (χ0) is 14.9. The van der Waals surface area contributed by atoms with E-state index in [1.54, 1.807) is 32.9 Å². The zero-order valence-corrected chi connectivity index (χ0v) is 12.3. The summed E-state index contributed by atoms with van der Waals surface area (Å²) in [5.41, 5.74) is 1.89. The number of halogens is 1. The number of hydrogen-bond donors (Lipinski definition) is 1. The Kier molecular flexibility index (Phi) is 3.76. The fraction of sp³-hybridized carbons (Fsp3) is 0.214. The summed E-state index contributed by atoms with van der Waals surface area (Å²) >= 11 is 0. The van der Waals surface area contributed by atoms with Gasteiger partial charge in [-0.3, -0.25) is 9.71 Å². The van der Waals surface area contributed by atoms with Gasteiger partial charge in [0, 0.05) is 11.9 Å². The minimum Gasteiger partial charge on any atom is -0.279 e. The minimum absolute atomic E-state index is 0.105. The number of sulfonamides is 1. The van der Waals surface area contributed by atoms with Crippen LogP contribution in [0.25, 0.3) is 0 Å². The highest BCUT2D eigenvalue weighted by molar-refractivity contribution is 7.92. The van der Waals surface area contributed by atoms with E-state index in [4.69, 9.17) is 0 Å². The van der Waals surface area contributed by atoms with Gasteiger partial charge in [-0.2, -0.15) is 0 Å².